The van der Waals surface area contributed by atoms with Gasteiger partial charge in [-0.25, -0.2) is 0 Å². The van der Waals surface area contributed by atoms with E-state index < -0.39 is 0 Å². The summed E-state index contributed by atoms with van der Waals surface area (Å²) in [7, 11) is 0. The standard InChI is InChI=1S/C27H30N4O/c1-3-15-29(16-4-2)22-25(21-28)27(32)31-19-17-30(18-20-31)26(23-11-7-5-8-12-23)24-13-9-6-10-14-24/h3-14,22,26H,1-2,15-20H2/b25-22-. The monoisotopic (exact) mass is 426 g/mol. The van der Waals surface area contributed by atoms with Crippen LogP contribution >= 0.6 is 0 Å². The van der Waals surface area contributed by atoms with E-state index >= 15 is 0 Å². The number of carbonyl (C=O) groups excluding carboxylic acids is 1. The second-order valence-electron chi connectivity index (χ2n) is 7.74. The first kappa shape index (κ1) is 23.1. The van der Waals surface area contributed by atoms with Crippen LogP contribution in [0, 0.1) is 11.3 Å². The van der Waals surface area contributed by atoms with Crippen molar-refractivity contribution in [3.8, 4) is 6.07 Å². The van der Waals surface area contributed by atoms with Crippen molar-refractivity contribution in [1.82, 2.24) is 14.7 Å². The Morgan fingerprint density at radius 1 is 0.938 bits per heavy atom. The molecule has 1 heterocycles. The Morgan fingerprint density at radius 3 is 1.88 bits per heavy atom. The average molecular weight is 427 g/mol. The molecule has 2 aromatic rings. The van der Waals surface area contributed by atoms with Gasteiger partial charge in [0.1, 0.15) is 11.6 Å². The van der Waals surface area contributed by atoms with E-state index in [-0.39, 0.29) is 17.5 Å². The number of nitrogens with zero attached hydrogens (tertiary/aromatic N) is 4. The minimum absolute atomic E-state index is 0.135. The quantitative estimate of drug-likeness (QED) is 0.345. The molecule has 0 saturated carbocycles. The minimum Gasteiger partial charge on any atom is -0.369 e. The van der Waals surface area contributed by atoms with Crippen LogP contribution < -0.4 is 0 Å². The van der Waals surface area contributed by atoms with Gasteiger partial charge in [0, 0.05) is 45.5 Å². The van der Waals surface area contributed by atoms with Crippen molar-refractivity contribution < 1.29 is 4.79 Å². The van der Waals surface area contributed by atoms with E-state index in [4.69, 9.17) is 0 Å². The lowest BCUT2D eigenvalue weighted by molar-refractivity contribution is -0.128. The number of piperazine rings is 1. The highest BCUT2D eigenvalue weighted by Crippen LogP contribution is 2.29. The molecule has 164 valence electrons. The molecule has 0 radical (unpaired) electrons. The second kappa shape index (κ2) is 11.7. The number of rotatable bonds is 9. The van der Waals surface area contributed by atoms with Crippen LogP contribution in [-0.4, -0.2) is 59.9 Å². The van der Waals surface area contributed by atoms with Gasteiger partial charge in [-0.3, -0.25) is 9.69 Å². The van der Waals surface area contributed by atoms with Gasteiger partial charge in [0.25, 0.3) is 5.91 Å². The first-order valence-corrected chi connectivity index (χ1v) is 10.9. The Bertz CT molecular complexity index is 920. The molecule has 2 aromatic carbocycles. The number of nitriles is 1. The summed E-state index contributed by atoms with van der Waals surface area (Å²) < 4.78 is 0. The number of benzene rings is 2. The summed E-state index contributed by atoms with van der Waals surface area (Å²) >= 11 is 0. The molecule has 1 fully saturated rings. The molecule has 1 aliphatic heterocycles. The van der Waals surface area contributed by atoms with Crippen molar-refractivity contribution in [3.05, 3.63) is 109 Å². The molecule has 5 nitrogen and oxygen atoms in total. The van der Waals surface area contributed by atoms with Gasteiger partial charge < -0.3 is 9.80 Å². The molecule has 0 spiro atoms. The first-order valence-electron chi connectivity index (χ1n) is 10.9. The predicted molar refractivity (Wildman–Crippen MR) is 129 cm³/mol. The Hall–Kier alpha value is -3.62. The highest BCUT2D eigenvalue weighted by molar-refractivity contribution is 5.97. The van der Waals surface area contributed by atoms with E-state index in [1.165, 1.54) is 11.1 Å². The summed E-state index contributed by atoms with van der Waals surface area (Å²) in [5.41, 5.74) is 2.62. The zero-order chi connectivity index (χ0) is 22.8. The molecule has 0 atom stereocenters. The molecule has 0 unspecified atom stereocenters. The lowest BCUT2D eigenvalue weighted by Gasteiger charge is -2.39. The lowest BCUT2D eigenvalue weighted by atomic mass is 9.96. The van der Waals surface area contributed by atoms with Crippen LogP contribution in [0.5, 0.6) is 0 Å². The van der Waals surface area contributed by atoms with Crippen molar-refractivity contribution in [3.63, 3.8) is 0 Å². The van der Waals surface area contributed by atoms with Crippen LogP contribution in [0.4, 0.5) is 0 Å². The summed E-state index contributed by atoms with van der Waals surface area (Å²) in [6.07, 6.45) is 5.10. The van der Waals surface area contributed by atoms with E-state index in [2.05, 4.69) is 72.7 Å². The molecule has 1 aliphatic rings. The molecule has 1 saturated heterocycles. The Balaban J connectivity index is 1.73. The van der Waals surface area contributed by atoms with Crippen molar-refractivity contribution in [2.75, 3.05) is 39.3 Å². The summed E-state index contributed by atoms with van der Waals surface area (Å²) in [4.78, 5) is 19.1. The number of amides is 1. The lowest BCUT2D eigenvalue weighted by Crippen LogP contribution is -2.50. The summed E-state index contributed by atoms with van der Waals surface area (Å²) in [6.45, 7) is 11.2. The van der Waals surface area contributed by atoms with E-state index in [1.807, 2.05) is 17.0 Å². The number of carbonyl (C=O) groups is 1. The number of hydrogen-bond donors (Lipinski definition) is 0. The molecule has 5 heteroatoms. The van der Waals surface area contributed by atoms with Crippen LogP contribution in [0.15, 0.2) is 97.7 Å². The van der Waals surface area contributed by atoms with Crippen molar-refractivity contribution >= 4 is 5.91 Å². The molecule has 1 amide bonds. The van der Waals surface area contributed by atoms with Gasteiger partial charge in [-0.05, 0) is 11.1 Å². The van der Waals surface area contributed by atoms with Gasteiger partial charge in [0.2, 0.25) is 0 Å². The van der Waals surface area contributed by atoms with Crippen molar-refractivity contribution in [2.24, 2.45) is 0 Å². The van der Waals surface area contributed by atoms with Crippen LogP contribution in [0.1, 0.15) is 17.2 Å². The Morgan fingerprint density at radius 2 is 1.44 bits per heavy atom. The molecular weight excluding hydrogens is 396 g/mol. The van der Waals surface area contributed by atoms with E-state index in [1.54, 1.807) is 23.3 Å². The van der Waals surface area contributed by atoms with Gasteiger partial charge in [-0.15, -0.1) is 13.2 Å². The fraction of sp³-hybridized carbons (Fsp3) is 0.259. The van der Waals surface area contributed by atoms with Gasteiger partial charge in [0.15, 0.2) is 0 Å². The zero-order valence-corrected chi connectivity index (χ0v) is 18.4. The van der Waals surface area contributed by atoms with Crippen LogP contribution in [0.3, 0.4) is 0 Å². The first-order chi connectivity index (χ1) is 15.7. The van der Waals surface area contributed by atoms with E-state index in [0.717, 1.165) is 13.1 Å². The maximum Gasteiger partial charge on any atom is 0.266 e. The fourth-order valence-electron chi connectivity index (χ4n) is 4.06. The van der Waals surface area contributed by atoms with Crippen LogP contribution in [-0.2, 0) is 4.79 Å². The average Bonchev–Trinajstić information content (AvgIpc) is 2.84. The molecular formula is C27H30N4O. The Labute approximate surface area is 191 Å². The molecule has 0 N–H and O–H groups in total. The van der Waals surface area contributed by atoms with Gasteiger partial charge in [-0.2, -0.15) is 5.26 Å². The van der Waals surface area contributed by atoms with Crippen molar-refractivity contribution in [2.45, 2.75) is 6.04 Å². The third-order valence-corrected chi connectivity index (χ3v) is 5.59. The normalized spacial score (nSPS) is 14.6. The summed E-state index contributed by atoms with van der Waals surface area (Å²) in [5.74, 6) is -0.221. The summed E-state index contributed by atoms with van der Waals surface area (Å²) in [5, 5.41) is 9.60. The van der Waals surface area contributed by atoms with E-state index in [0.29, 0.717) is 26.2 Å². The highest BCUT2D eigenvalue weighted by Gasteiger charge is 2.29. The molecule has 3 rings (SSSR count). The second-order valence-corrected chi connectivity index (χ2v) is 7.74. The maximum atomic E-state index is 13.0. The highest BCUT2D eigenvalue weighted by atomic mass is 16.2. The van der Waals surface area contributed by atoms with E-state index in [9.17, 15) is 10.1 Å². The smallest absolute Gasteiger partial charge is 0.266 e. The molecule has 0 aliphatic carbocycles. The van der Waals surface area contributed by atoms with Gasteiger partial charge in [-0.1, -0.05) is 72.8 Å². The maximum absolute atomic E-state index is 13.0. The predicted octanol–water partition coefficient (Wildman–Crippen LogP) is 4.00. The molecule has 32 heavy (non-hydrogen) atoms. The largest absolute Gasteiger partial charge is 0.369 e. The minimum atomic E-state index is -0.221. The van der Waals surface area contributed by atoms with Gasteiger partial charge >= 0.3 is 0 Å². The molecule has 0 bridgehead atoms. The SMILES string of the molecule is C=CCN(/C=C(/C#N)C(=O)N1CCN(C(c2ccccc2)c2ccccc2)CC1)CC=C. The van der Waals surface area contributed by atoms with Crippen LogP contribution in [0.25, 0.3) is 0 Å². The van der Waals surface area contributed by atoms with Crippen LogP contribution in [0.2, 0.25) is 0 Å². The molecule has 0 aromatic heterocycles. The van der Waals surface area contributed by atoms with Crippen molar-refractivity contribution in [1.29, 1.82) is 5.26 Å². The third-order valence-electron chi connectivity index (χ3n) is 5.59. The third kappa shape index (κ3) is 5.75. The zero-order valence-electron chi connectivity index (χ0n) is 18.4. The number of hydrogen-bond acceptors (Lipinski definition) is 4. The fourth-order valence-corrected chi connectivity index (χ4v) is 4.06. The topological polar surface area (TPSA) is 50.6 Å². The summed E-state index contributed by atoms with van der Waals surface area (Å²) in [6, 6.07) is 23.1. The van der Waals surface area contributed by atoms with Gasteiger partial charge in [0.05, 0.1) is 6.04 Å². The Kier molecular flexibility index (Phi) is 8.42.